The molecule has 33 heavy (non-hydrogen) atoms. The van der Waals surface area contributed by atoms with E-state index in [1.54, 1.807) is 12.1 Å². The molecule has 15 heteroatoms. The largest absolute Gasteiger partial charge is 0.460 e. The van der Waals surface area contributed by atoms with E-state index in [9.17, 15) is 29.3 Å². The Bertz CT molecular complexity index is 1050. The number of rotatable bonds is 6. The van der Waals surface area contributed by atoms with Crippen molar-refractivity contribution in [1.29, 1.82) is 0 Å². The molecule has 3 amide bonds. The van der Waals surface area contributed by atoms with E-state index >= 15 is 0 Å². The number of β-lactam (4-membered cyclic amide) rings is 1. The molecule has 0 bridgehead atoms. The maximum Gasteiger partial charge on any atom is 0.330 e. The van der Waals surface area contributed by atoms with E-state index in [1.807, 2.05) is 0 Å². The predicted molar refractivity (Wildman–Crippen MR) is 115 cm³/mol. The Morgan fingerprint density at radius 3 is 2.30 bits per heavy atom. The van der Waals surface area contributed by atoms with Gasteiger partial charge in [0.25, 0.3) is 22.8 Å². The highest BCUT2D eigenvalue weighted by Crippen LogP contribution is 2.53. The lowest BCUT2D eigenvalue weighted by Gasteiger charge is -2.46. The normalized spacial score (nSPS) is 28.4. The van der Waals surface area contributed by atoms with Crippen LogP contribution >= 0.6 is 46.6 Å². The van der Waals surface area contributed by atoms with Crippen LogP contribution in [0, 0.1) is 10.1 Å². The van der Waals surface area contributed by atoms with E-state index in [4.69, 9.17) is 39.5 Å². The SMILES string of the molecule is C[C@@]1(CO[N+](=O)[O-])S[C@H]2C(N3C(=O)c4ccccc4C3=O)C(=O)N2C1C(=O)OCC(Cl)(Cl)Cl. The van der Waals surface area contributed by atoms with Crippen molar-refractivity contribution < 1.29 is 33.8 Å². The van der Waals surface area contributed by atoms with Gasteiger partial charge in [0.15, 0.2) is 0 Å². The van der Waals surface area contributed by atoms with Gasteiger partial charge in [0.1, 0.15) is 30.7 Å². The highest BCUT2D eigenvalue weighted by molar-refractivity contribution is 8.01. The molecule has 0 saturated carbocycles. The van der Waals surface area contributed by atoms with Crippen LogP contribution in [-0.2, 0) is 19.2 Å². The minimum absolute atomic E-state index is 0.162. The second-order valence-corrected chi connectivity index (χ2v) is 11.8. The van der Waals surface area contributed by atoms with Gasteiger partial charge in [-0.05, 0) is 19.1 Å². The van der Waals surface area contributed by atoms with Gasteiger partial charge in [-0.1, -0.05) is 46.9 Å². The fraction of sp³-hybridized carbons (Fsp3) is 0.444. The van der Waals surface area contributed by atoms with Crippen LogP contribution in [0.5, 0.6) is 0 Å². The average molecular weight is 539 g/mol. The lowest BCUT2D eigenvalue weighted by molar-refractivity contribution is -0.758. The molecule has 0 aliphatic carbocycles. The molecule has 1 aromatic carbocycles. The molecule has 2 saturated heterocycles. The van der Waals surface area contributed by atoms with Crippen LogP contribution in [0.3, 0.4) is 0 Å². The maximum absolute atomic E-state index is 13.1. The first kappa shape index (κ1) is 23.9. The number of carbonyl (C=O) groups is 4. The van der Waals surface area contributed by atoms with Crippen LogP contribution in [0.1, 0.15) is 27.6 Å². The number of nitrogens with zero attached hydrogens (tertiary/aromatic N) is 3. The van der Waals surface area contributed by atoms with E-state index in [2.05, 4.69) is 4.84 Å². The lowest BCUT2D eigenvalue weighted by atomic mass is 9.94. The molecule has 2 unspecified atom stereocenters. The molecule has 3 aliphatic rings. The Morgan fingerprint density at radius 2 is 1.79 bits per heavy atom. The number of ether oxygens (including phenoxy) is 1. The Labute approximate surface area is 205 Å². The zero-order valence-electron chi connectivity index (χ0n) is 16.6. The number of imide groups is 1. The minimum atomic E-state index is -1.92. The molecule has 0 radical (unpaired) electrons. The number of hydrogen-bond acceptors (Lipinski definition) is 9. The molecule has 3 aliphatic heterocycles. The molecule has 1 aromatic rings. The van der Waals surface area contributed by atoms with Gasteiger partial charge in [0, 0.05) is 0 Å². The van der Waals surface area contributed by atoms with Crippen LogP contribution in [0.15, 0.2) is 24.3 Å². The summed E-state index contributed by atoms with van der Waals surface area (Å²) in [7, 11) is 0. The fourth-order valence-corrected chi connectivity index (χ4v) is 5.97. The summed E-state index contributed by atoms with van der Waals surface area (Å²) in [4.78, 5) is 68.9. The molecule has 0 aromatic heterocycles. The molecule has 3 heterocycles. The second kappa shape index (κ2) is 8.19. The maximum atomic E-state index is 13.1. The fourth-order valence-electron chi connectivity index (χ4n) is 4.09. The van der Waals surface area contributed by atoms with Crippen LogP contribution in [0.25, 0.3) is 0 Å². The third-order valence-corrected chi connectivity index (χ3v) is 7.39. The number of halogens is 3. The highest BCUT2D eigenvalue weighted by atomic mass is 35.6. The van der Waals surface area contributed by atoms with Crippen molar-refractivity contribution >= 4 is 70.3 Å². The number of esters is 1. The first-order valence-corrected chi connectivity index (χ1v) is 11.3. The number of benzene rings is 1. The van der Waals surface area contributed by atoms with Crippen molar-refractivity contribution in [2.75, 3.05) is 13.2 Å². The van der Waals surface area contributed by atoms with Crippen LogP contribution in [0.2, 0.25) is 0 Å². The topological polar surface area (TPSA) is 136 Å². The number of fused-ring (bicyclic) bond motifs is 2. The zero-order valence-corrected chi connectivity index (χ0v) is 19.7. The van der Waals surface area contributed by atoms with Gasteiger partial charge in [-0.15, -0.1) is 21.9 Å². The smallest absolute Gasteiger partial charge is 0.330 e. The van der Waals surface area contributed by atoms with Gasteiger partial charge >= 0.3 is 5.97 Å². The van der Waals surface area contributed by atoms with Crippen molar-refractivity contribution in [3.8, 4) is 0 Å². The first-order chi connectivity index (χ1) is 15.4. The van der Waals surface area contributed by atoms with Gasteiger partial charge < -0.3 is 14.5 Å². The van der Waals surface area contributed by atoms with E-state index in [1.165, 1.54) is 19.1 Å². The Hall–Kier alpha value is -2.28. The molecule has 176 valence electrons. The summed E-state index contributed by atoms with van der Waals surface area (Å²) in [6, 6.07) is 3.58. The lowest BCUT2D eigenvalue weighted by Crippen LogP contribution is -2.71. The summed E-state index contributed by atoms with van der Waals surface area (Å²) in [5, 5.41) is 8.90. The molecule has 11 nitrogen and oxygen atoms in total. The van der Waals surface area contributed by atoms with Crippen LogP contribution in [0.4, 0.5) is 0 Å². The third-order valence-electron chi connectivity index (χ3n) is 5.46. The van der Waals surface area contributed by atoms with E-state index in [0.29, 0.717) is 0 Å². The molecule has 2 fully saturated rings. The third kappa shape index (κ3) is 3.98. The second-order valence-electron chi connectivity index (χ2n) is 7.66. The molecule has 0 spiro atoms. The standard InChI is InChI=1S/C18H14Cl3N3O8S/c1-17(6-32-24(29)30)11(16(28)31-7-18(19,20)21)23-14(27)10(15(23)33-17)22-12(25)8-4-2-3-5-9(8)13(22)26/h2-5,10-11,15H,6-7H2,1H3/t10?,11?,15-,17-/m0/s1. The minimum Gasteiger partial charge on any atom is -0.460 e. The number of amides is 3. The summed E-state index contributed by atoms with van der Waals surface area (Å²) in [5.74, 6) is -2.94. The van der Waals surface area contributed by atoms with E-state index in [0.717, 1.165) is 21.6 Å². The Balaban J connectivity index is 1.62. The van der Waals surface area contributed by atoms with Crippen molar-refractivity contribution in [3.05, 3.63) is 45.5 Å². The van der Waals surface area contributed by atoms with Gasteiger partial charge in [-0.3, -0.25) is 19.3 Å². The van der Waals surface area contributed by atoms with E-state index in [-0.39, 0.29) is 11.1 Å². The van der Waals surface area contributed by atoms with Gasteiger partial charge in [0.2, 0.25) is 3.79 Å². The molecular formula is C18H14Cl3N3O8S. The summed E-state index contributed by atoms with van der Waals surface area (Å²) in [6.45, 7) is 0.263. The molecular weight excluding hydrogens is 525 g/mol. The zero-order chi connectivity index (χ0) is 24.3. The van der Waals surface area contributed by atoms with Gasteiger partial charge in [-0.25, -0.2) is 4.79 Å². The summed E-state index contributed by atoms with van der Waals surface area (Å²) in [6.07, 6.45) is 0. The number of carbonyl (C=O) groups excluding carboxylic acids is 4. The van der Waals surface area contributed by atoms with Crippen molar-refractivity contribution in [2.45, 2.75) is 32.9 Å². The number of thioether (sulfide) groups is 1. The van der Waals surface area contributed by atoms with Crippen LogP contribution in [-0.4, -0.2) is 77.8 Å². The predicted octanol–water partition coefficient (Wildman–Crippen LogP) is 1.82. The number of alkyl halides is 3. The summed E-state index contributed by atoms with van der Waals surface area (Å²) >= 11 is 17.9. The first-order valence-electron chi connectivity index (χ1n) is 9.33. The van der Waals surface area contributed by atoms with Crippen molar-refractivity contribution in [1.82, 2.24) is 9.80 Å². The van der Waals surface area contributed by atoms with Gasteiger partial charge in [0.05, 0.1) is 15.9 Å². The quantitative estimate of drug-likeness (QED) is 0.133. The highest BCUT2D eigenvalue weighted by Gasteiger charge is 2.69. The monoisotopic (exact) mass is 537 g/mol. The summed E-state index contributed by atoms with van der Waals surface area (Å²) < 4.78 is 1.76. The average Bonchev–Trinajstić information content (AvgIpc) is 3.15. The van der Waals surface area contributed by atoms with Crippen molar-refractivity contribution in [3.63, 3.8) is 0 Å². The molecule has 0 N–H and O–H groups in total. The number of hydrogen-bond donors (Lipinski definition) is 0. The molecule has 4 atom stereocenters. The summed E-state index contributed by atoms with van der Waals surface area (Å²) in [5.41, 5.74) is 0.324. The van der Waals surface area contributed by atoms with E-state index < -0.39 is 68.0 Å². The molecule has 4 rings (SSSR count). The van der Waals surface area contributed by atoms with Crippen LogP contribution < -0.4 is 0 Å². The Kier molecular flexibility index (Phi) is 5.92. The van der Waals surface area contributed by atoms with Crippen molar-refractivity contribution in [2.24, 2.45) is 0 Å². The van der Waals surface area contributed by atoms with Gasteiger partial charge in [-0.2, -0.15) is 0 Å². The Morgan fingerprint density at radius 1 is 1.21 bits per heavy atom.